The average molecular weight is 288 g/mol. The summed E-state index contributed by atoms with van der Waals surface area (Å²) in [7, 11) is 0. The van der Waals surface area contributed by atoms with Gasteiger partial charge in [0.05, 0.1) is 0 Å². The fraction of sp³-hybridized carbons (Fsp3) is 0.286. The predicted molar refractivity (Wildman–Crippen MR) is 89.4 cm³/mol. The SMILES string of the molecule is O=C1C(=C(c2ccccc2)c2ccccc2)C2CCCCC12. The maximum absolute atomic E-state index is 12.7. The molecule has 1 nitrogen and oxygen atoms in total. The largest absolute Gasteiger partial charge is 0.294 e. The third-order valence-electron chi connectivity index (χ3n) is 5.13. The molecule has 2 aromatic carbocycles. The smallest absolute Gasteiger partial charge is 0.163 e. The Hall–Kier alpha value is -2.15. The molecular weight excluding hydrogens is 268 g/mol. The number of benzene rings is 2. The van der Waals surface area contributed by atoms with E-state index in [1.807, 2.05) is 12.1 Å². The lowest BCUT2D eigenvalue weighted by molar-refractivity contribution is -0.128. The molecule has 2 atom stereocenters. The molecule has 110 valence electrons. The van der Waals surface area contributed by atoms with Crippen molar-refractivity contribution in [2.75, 3.05) is 0 Å². The van der Waals surface area contributed by atoms with Crippen molar-refractivity contribution in [3.05, 3.63) is 77.4 Å². The van der Waals surface area contributed by atoms with Gasteiger partial charge in [0.2, 0.25) is 0 Å². The van der Waals surface area contributed by atoms with Crippen LogP contribution in [0, 0.1) is 11.8 Å². The summed E-state index contributed by atoms with van der Waals surface area (Å²) in [4.78, 5) is 12.7. The summed E-state index contributed by atoms with van der Waals surface area (Å²) in [5, 5.41) is 0. The van der Waals surface area contributed by atoms with Gasteiger partial charge >= 0.3 is 0 Å². The zero-order valence-electron chi connectivity index (χ0n) is 12.7. The summed E-state index contributed by atoms with van der Waals surface area (Å²) in [6, 6.07) is 20.8. The molecule has 2 aliphatic rings. The van der Waals surface area contributed by atoms with Crippen LogP contribution in [-0.2, 0) is 4.79 Å². The van der Waals surface area contributed by atoms with Gasteiger partial charge in [-0.2, -0.15) is 0 Å². The molecule has 0 amide bonds. The molecule has 2 aliphatic carbocycles. The fourth-order valence-corrected chi connectivity index (χ4v) is 4.07. The van der Waals surface area contributed by atoms with Crippen molar-refractivity contribution in [2.45, 2.75) is 25.7 Å². The van der Waals surface area contributed by atoms with E-state index >= 15 is 0 Å². The number of allylic oxidation sites excluding steroid dienone is 1. The van der Waals surface area contributed by atoms with Gasteiger partial charge in [0.1, 0.15) is 0 Å². The Kier molecular flexibility index (Phi) is 3.42. The van der Waals surface area contributed by atoms with Crippen molar-refractivity contribution in [2.24, 2.45) is 11.8 Å². The molecule has 0 N–H and O–H groups in total. The van der Waals surface area contributed by atoms with Gasteiger partial charge in [0, 0.05) is 11.5 Å². The number of carbonyl (C=O) groups excluding carboxylic acids is 1. The van der Waals surface area contributed by atoms with Crippen molar-refractivity contribution in [3.8, 4) is 0 Å². The lowest BCUT2D eigenvalue weighted by atomic mass is 9.59. The normalized spacial score (nSPS) is 23.6. The molecule has 2 unspecified atom stereocenters. The Bertz CT molecular complexity index is 671. The van der Waals surface area contributed by atoms with Crippen LogP contribution in [0.1, 0.15) is 36.8 Å². The molecule has 0 saturated heterocycles. The highest BCUT2D eigenvalue weighted by atomic mass is 16.1. The van der Waals surface area contributed by atoms with Gasteiger partial charge in [0.15, 0.2) is 5.78 Å². The van der Waals surface area contributed by atoms with Crippen LogP contribution < -0.4 is 0 Å². The van der Waals surface area contributed by atoms with E-state index in [1.54, 1.807) is 0 Å². The molecule has 1 heteroatoms. The number of Topliss-reactive ketones (excluding diaryl/α,β-unsaturated/α-hetero) is 1. The first-order chi connectivity index (χ1) is 10.9. The topological polar surface area (TPSA) is 17.1 Å². The van der Waals surface area contributed by atoms with Gasteiger partial charge in [-0.05, 0) is 35.5 Å². The number of rotatable bonds is 2. The first-order valence-electron chi connectivity index (χ1n) is 8.25. The maximum Gasteiger partial charge on any atom is 0.163 e. The van der Waals surface area contributed by atoms with Crippen LogP contribution in [-0.4, -0.2) is 5.78 Å². The van der Waals surface area contributed by atoms with Crippen LogP contribution in [0.4, 0.5) is 0 Å². The highest BCUT2D eigenvalue weighted by Gasteiger charge is 2.47. The zero-order chi connectivity index (χ0) is 14.9. The van der Waals surface area contributed by atoms with Crippen LogP contribution in [0.3, 0.4) is 0 Å². The molecule has 0 spiro atoms. The summed E-state index contributed by atoms with van der Waals surface area (Å²) in [6.07, 6.45) is 4.74. The quantitative estimate of drug-likeness (QED) is 0.720. The molecule has 22 heavy (non-hydrogen) atoms. The highest BCUT2D eigenvalue weighted by Crippen LogP contribution is 2.50. The van der Waals surface area contributed by atoms with Crippen molar-refractivity contribution >= 4 is 11.4 Å². The number of carbonyl (C=O) groups is 1. The molecular formula is C21H20O. The van der Waals surface area contributed by atoms with Crippen LogP contribution in [0.5, 0.6) is 0 Å². The number of ketones is 1. The zero-order valence-corrected chi connectivity index (χ0v) is 12.7. The predicted octanol–water partition coefficient (Wildman–Crippen LogP) is 4.88. The first kappa shape index (κ1) is 13.5. The Morgan fingerprint density at radius 3 is 1.77 bits per heavy atom. The van der Waals surface area contributed by atoms with E-state index in [-0.39, 0.29) is 0 Å². The second kappa shape index (κ2) is 5.57. The second-order valence-electron chi connectivity index (χ2n) is 6.38. The molecule has 0 aromatic heterocycles. The molecule has 0 bridgehead atoms. The number of hydrogen-bond acceptors (Lipinski definition) is 1. The lowest BCUT2D eigenvalue weighted by Crippen LogP contribution is -2.43. The van der Waals surface area contributed by atoms with E-state index in [0.717, 1.165) is 17.6 Å². The standard InChI is InChI=1S/C21H20O/c22-21-18-14-8-7-13-17(18)20(21)19(15-9-3-1-4-10-15)16-11-5-2-6-12-16/h1-6,9-12,17-18H,7-8,13-14H2. The van der Waals surface area contributed by atoms with E-state index in [4.69, 9.17) is 0 Å². The van der Waals surface area contributed by atoms with Crippen LogP contribution in [0.15, 0.2) is 66.2 Å². The van der Waals surface area contributed by atoms with Crippen molar-refractivity contribution in [1.29, 1.82) is 0 Å². The monoisotopic (exact) mass is 288 g/mol. The fourth-order valence-electron chi connectivity index (χ4n) is 4.07. The lowest BCUT2D eigenvalue weighted by Gasteiger charge is -2.43. The summed E-state index contributed by atoms with van der Waals surface area (Å²) < 4.78 is 0. The van der Waals surface area contributed by atoms with Crippen molar-refractivity contribution in [1.82, 2.24) is 0 Å². The van der Waals surface area contributed by atoms with Crippen LogP contribution >= 0.6 is 0 Å². The van der Waals surface area contributed by atoms with E-state index in [9.17, 15) is 4.79 Å². The molecule has 0 heterocycles. The summed E-state index contributed by atoms with van der Waals surface area (Å²) >= 11 is 0. The van der Waals surface area contributed by atoms with E-state index < -0.39 is 0 Å². The minimum Gasteiger partial charge on any atom is -0.294 e. The van der Waals surface area contributed by atoms with Crippen molar-refractivity contribution in [3.63, 3.8) is 0 Å². The van der Waals surface area contributed by atoms with Gasteiger partial charge in [-0.25, -0.2) is 0 Å². The van der Waals surface area contributed by atoms with Gasteiger partial charge in [-0.15, -0.1) is 0 Å². The van der Waals surface area contributed by atoms with Gasteiger partial charge in [-0.3, -0.25) is 4.79 Å². The van der Waals surface area contributed by atoms with Crippen LogP contribution in [0.2, 0.25) is 0 Å². The third kappa shape index (κ3) is 2.12. The minimum absolute atomic E-state index is 0.297. The van der Waals surface area contributed by atoms with E-state index in [1.165, 1.54) is 30.4 Å². The van der Waals surface area contributed by atoms with Crippen molar-refractivity contribution < 1.29 is 4.79 Å². The Labute approximate surface area is 131 Å². The number of hydrogen-bond donors (Lipinski definition) is 0. The molecule has 0 radical (unpaired) electrons. The average Bonchev–Trinajstić information content (AvgIpc) is 2.60. The highest BCUT2D eigenvalue weighted by molar-refractivity contribution is 6.13. The summed E-state index contributed by atoms with van der Waals surface area (Å²) in [5.41, 5.74) is 4.58. The maximum atomic E-state index is 12.7. The van der Waals surface area contributed by atoms with Crippen LogP contribution in [0.25, 0.3) is 5.57 Å². The molecule has 4 rings (SSSR count). The summed E-state index contributed by atoms with van der Waals surface area (Å²) in [6.45, 7) is 0. The van der Waals surface area contributed by atoms with E-state index in [0.29, 0.717) is 17.6 Å². The summed E-state index contributed by atoms with van der Waals surface area (Å²) in [5.74, 6) is 1.18. The Morgan fingerprint density at radius 2 is 1.23 bits per heavy atom. The van der Waals surface area contributed by atoms with E-state index in [2.05, 4.69) is 48.5 Å². The van der Waals surface area contributed by atoms with Gasteiger partial charge in [-0.1, -0.05) is 73.5 Å². The minimum atomic E-state index is 0.297. The number of fused-ring (bicyclic) bond motifs is 1. The third-order valence-corrected chi connectivity index (χ3v) is 5.13. The molecule has 2 aromatic rings. The first-order valence-corrected chi connectivity index (χ1v) is 8.25. The molecule has 2 fully saturated rings. The Morgan fingerprint density at radius 1 is 0.727 bits per heavy atom. The van der Waals surface area contributed by atoms with Gasteiger partial charge < -0.3 is 0 Å². The van der Waals surface area contributed by atoms with Gasteiger partial charge in [0.25, 0.3) is 0 Å². The molecule has 0 aliphatic heterocycles. The Balaban J connectivity index is 1.88. The second-order valence-corrected chi connectivity index (χ2v) is 6.38. The molecule has 2 saturated carbocycles.